The van der Waals surface area contributed by atoms with Gasteiger partial charge in [0, 0.05) is 31.5 Å². The third-order valence-electron chi connectivity index (χ3n) is 6.58. The number of carbonyl (C=O) groups excluding carboxylic acids is 2. The van der Waals surface area contributed by atoms with Crippen molar-refractivity contribution in [1.82, 2.24) is 10.2 Å². The predicted octanol–water partition coefficient (Wildman–Crippen LogP) is 3.98. The van der Waals surface area contributed by atoms with Crippen molar-refractivity contribution in [3.63, 3.8) is 0 Å². The zero-order chi connectivity index (χ0) is 24.3. The van der Waals surface area contributed by atoms with Gasteiger partial charge in [0.05, 0.1) is 11.6 Å². The van der Waals surface area contributed by atoms with Gasteiger partial charge in [-0.2, -0.15) is 13.2 Å². The molecular formula is C25H29F3N4O2. The average Bonchev–Trinajstić information content (AvgIpc) is 3.19. The first kappa shape index (κ1) is 24.1. The fourth-order valence-corrected chi connectivity index (χ4v) is 4.68. The van der Waals surface area contributed by atoms with E-state index in [0.29, 0.717) is 0 Å². The molecule has 4 rings (SSSR count). The highest BCUT2D eigenvalue weighted by Crippen LogP contribution is 2.32. The fraction of sp³-hybridized carbons (Fsp3) is 0.440. The average molecular weight is 475 g/mol. The lowest BCUT2D eigenvalue weighted by Crippen LogP contribution is -2.43. The van der Waals surface area contributed by atoms with Crippen molar-refractivity contribution >= 4 is 23.2 Å². The molecular weight excluding hydrogens is 445 g/mol. The summed E-state index contributed by atoms with van der Waals surface area (Å²) < 4.78 is 38.1. The van der Waals surface area contributed by atoms with E-state index < -0.39 is 23.6 Å². The molecule has 182 valence electrons. The molecule has 0 saturated carbocycles. The van der Waals surface area contributed by atoms with E-state index in [0.717, 1.165) is 68.7 Å². The van der Waals surface area contributed by atoms with Gasteiger partial charge in [0.2, 0.25) is 0 Å². The van der Waals surface area contributed by atoms with Crippen LogP contribution in [0.3, 0.4) is 0 Å². The molecule has 2 aliphatic heterocycles. The second-order valence-electron chi connectivity index (χ2n) is 8.91. The van der Waals surface area contributed by atoms with E-state index in [1.807, 2.05) is 0 Å². The van der Waals surface area contributed by atoms with Gasteiger partial charge in [-0.25, -0.2) is 0 Å². The molecule has 2 amide bonds. The molecule has 1 atom stereocenters. The van der Waals surface area contributed by atoms with E-state index in [9.17, 15) is 22.8 Å². The summed E-state index contributed by atoms with van der Waals surface area (Å²) in [7, 11) is 2.07. The summed E-state index contributed by atoms with van der Waals surface area (Å²) in [4.78, 5) is 29.4. The van der Waals surface area contributed by atoms with E-state index in [2.05, 4.69) is 45.7 Å². The first-order chi connectivity index (χ1) is 16.2. The number of amides is 2. The van der Waals surface area contributed by atoms with Crippen LogP contribution in [0, 0.1) is 0 Å². The number of halogens is 3. The number of rotatable bonds is 5. The number of nitrogens with zero attached hydrogens (tertiary/aromatic N) is 2. The number of nitrogens with one attached hydrogen (secondary N) is 2. The Balaban J connectivity index is 1.41. The number of likely N-dealkylation sites (tertiary alicyclic amines) is 1. The third-order valence-corrected chi connectivity index (χ3v) is 6.58. The molecule has 2 aromatic rings. The molecule has 1 saturated heterocycles. The largest absolute Gasteiger partial charge is 0.416 e. The van der Waals surface area contributed by atoms with Crippen LogP contribution in [-0.4, -0.2) is 49.9 Å². The van der Waals surface area contributed by atoms with Gasteiger partial charge in [-0.15, -0.1) is 0 Å². The molecule has 0 unspecified atom stereocenters. The number of piperidine rings is 1. The van der Waals surface area contributed by atoms with Gasteiger partial charge in [-0.3, -0.25) is 14.5 Å². The van der Waals surface area contributed by atoms with Crippen molar-refractivity contribution in [2.45, 2.75) is 37.9 Å². The topological polar surface area (TPSA) is 64.7 Å². The minimum atomic E-state index is -4.46. The Labute approximate surface area is 197 Å². The first-order valence-corrected chi connectivity index (χ1v) is 11.6. The molecule has 0 aromatic heterocycles. The number of hydrogen-bond acceptors (Lipinski definition) is 4. The van der Waals surface area contributed by atoms with Crippen LogP contribution in [0.5, 0.6) is 0 Å². The van der Waals surface area contributed by atoms with Crippen molar-refractivity contribution in [2.75, 3.05) is 43.4 Å². The minimum absolute atomic E-state index is 0.0562. The maximum Gasteiger partial charge on any atom is 0.416 e. The number of fused-ring (bicyclic) bond motifs is 1. The van der Waals surface area contributed by atoms with Crippen LogP contribution in [0.25, 0.3) is 0 Å². The highest BCUT2D eigenvalue weighted by atomic mass is 19.4. The summed E-state index contributed by atoms with van der Waals surface area (Å²) >= 11 is 0. The second-order valence-corrected chi connectivity index (χ2v) is 8.91. The Morgan fingerprint density at radius 1 is 0.971 bits per heavy atom. The first-order valence-electron chi connectivity index (χ1n) is 11.6. The highest BCUT2D eigenvalue weighted by molar-refractivity contribution is 6.39. The molecule has 0 aliphatic carbocycles. The van der Waals surface area contributed by atoms with Crippen molar-refractivity contribution in [3.8, 4) is 0 Å². The van der Waals surface area contributed by atoms with E-state index in [-0.39, 0.29) is 18.3 Å². The number of anilines is 2. The molecule has 1 fully saturated rings. The Bertz CT molecular complexity index is 1030. The summed E-state index contributed by atoms with van der Waals surface area (Å²) in [6, 6.07) is 10.3. The number of likely N-dealkylation sites (N-methyl/N-ethyl adjacent to an activating group) is 1. The zero-order valence-corrected chi connectivity index (χ0v) is 19.1. The van der Waals surface area contributed by atoms with Gasteiger partial charge < -0.3 is 15.5 Å². The van der Waals surface area contributed by atoms with Crippen LogP contribution in [0.1, 0.15) is 42.0 Å². The van der Waals surface area contributed by atoms with E-state index in [1.54, 1.807) is 0 Å². The molecule has 9 heteroatoms. The molecule has 2 N–H and O–H groups in total. The summed E-state index contributed by atoms with van der Waals surface area (Å²) in [6.45, 7) is 3.10. The zero-order valence-electron chi connectivity index (χ0n) is 19.1. The predicted molar refractivity (Wildman–Crippen MR) is 125 cm³/mol. The fourth-order valence-electron chi connectivity index (χ4n) is 4.68. The van der Waals surface area contributed by atoms with Crippen molar-refractivity contribution < 1.29 is 22.8 Å². The van der Waals surface area contributed by atoms with Gasteiger partial charge >= 0.3 is 18.0 Å². The van der Waals surface area contributed by atoms with Crippen LogP contribution >= 0.6 is 0 Å². The number of alkyl halides is 3. The Kier molecular flexibility index (Phi) is 7.11. The van der Waals surface area contributed by atoms with Crippen molar-refractivity contribution in [3.05, 3.63) is 59.2 Å². The van der Waals surface area contributed by atoms with E-state index >= 15 is 0 Å². The van der Waals surface area contributed by atoms with Crippen LogP contribution in [-0.2, 0) is 22.2 Å². The normalized spacial score (nSPS) is 17.2. The summed E-state index contributed by atoms with van der Waals surface area (Å²) in [5.41, 5.74) is 2.93. The molecule has 2 aromatic carbocycles. The molecule has 34 heavy (non-hydrogen) atoms. The molecule has 0 bridgehead atoms. The van der Waals surface area contributed by atoms with Gasteiger partial charge in [-0.1, -0.05) is 18.6 Å². The molecule has 2 heterocycles. The number of hydrogen-bond donors (Lipinski definition) is 2. The quantitative estimate of drug-likeness (QED) is 0.644. The minimum Gasteiger partial charge on any atom is -0.374 e. The van der Waals surface area contributed by atoms with Crippen LogP contribution in [0.4, 0.5) is 24.5 Å². The molecule has 2 aliphatic rings. The van der Waals surface area contributed by atoms with Crippen molar-refractivity contribution in [2.24, 2.45) is 0 Å². The second kappa shape index (κ2) is 10.0. The molecule has 0 radical (unpaired) electrons. The van der Waals surface area contributed by atoms with Gasteiger partial charge in [0.1, 0.15) is 0 Å². The van der Waals surface area contributed by atoms with Crippen molar-refractivity contribution in [1.29, 1.82) is 0 Å². The monoisotopic (exact) mass is 474 g/mol. The van der Waals surface area contributed by atoms with Gasteiger partial charge in [-0.05, 0) is 73.8 Å². The Morgan fingerprint density at radius 2 is 1.68 bits per heavy atom. The standard InChI is InChI=1S/C25H29F3N4O2/c1-31-14-11-18-15-17(5-10-21(18)31)22(32-12-3-2-4-13-32)16-29-23(33)24(34)30-20-8-6-19(7-9-20)25(26,27)28/h5-10,15,22H,2-4,11-14,16H2,1H3,(H,29,33)(H,30,34)/t22-/m1/s1. The molecule has 0 spiro atoms. The highest BCUT2D eigenvalue weighted by Gasteiger charge is 2.30. The van der Waals surface area contributed by atoms with E-state index in [1.165, 1.54) is 17.7 Å². The number of benzene rings is 2. The van der Waals surface area contributed by atoms with Gasteiger partial charge in [0.25, 0.3) is 0 Å². The summed E-state index contributed by atoms with van der Waals surface area (Å²) in [6.07, 6.45) is -0.121. The lowest BCUT2D eigenvalue weighted by atomic mass is 9.98. The third kappa shape index (κ3) is 5.52. The van der Waals surface area contributed by atoms with Crippen LogP contribution in [0.15, 0.2) is 42.5 Å². The van der Waals surface area contributed by atoms with Gasteiger partial charge in [0.15, 0.2) is 0 Å². The lowest BCUT2D eigenvalue weighted by Gasteiger charge is -2.35. The lowest BCUT2D eigenvalue weighted by molar-refractivity contribution is -0.137. The SMILES string of the molecule is CN1CCc2cc([C@@H](CNC(=O)C(=O)Nc3ccc(C(F)(F)F)cc3)N3CCCCC3)ccc21. The maximum absolute atomic E-state index is 12.7. The maximum atomic E-state index is 12.7. The Morgan fingerprint density at radius 3 is 2.35 bits per heavy atom. The van der Waals surface area contributed by atoms with Crippen LogP contribution < -0.4 is 15.5 Å². The molecule has 6 nitrogen and oxygen atoms in total. The smallest absolute Gasteiger partial charge is 0.374 e. The number of carbonyl (C=O) groups is 2. The Hall–Kier alpha value is -3.07. The summed E-state index contributed by atoms with van der Waals surface area (Å²) in [5, 5.41) is 5.09. The van der Waals surface area contributed by atoms with Crippen LogP contribution in [0.2, 0.25) is 0 Å². The summed E-state index contributed by atoms with van der Waals surface area (Å²) in [5.74, 6) is -1.73. The van der Waals surface area contributed by atoms with E-state index in [4.69, 9.17) is 0 Å².